The van der Waals surface area contributed by atoms with E-state index in [2.05, 4.69) is 15.5 Å². The number of rotatable bonds is 8. The third-order valence-electron chi connectivity index (χ3n) is 4.07. The molecule has 0 atom stereocenters. The van der Waals surface area contributed by atoms with Crippen LogP contribution in [0.2, 0.25) is 0 Å². The molecule has 0 aliphatic carbocycles. The van der Waals surface area contributed by atoms with Crippen molar-refractivity contribution in [2.75, 3.05) is 17.7 Å². The van der Waals surface area contributed by atoms with Crippen LogP contribution in [0.1, 0.15) is 18.1 Å². The van der Waals surface area contributed by atoms with Gasteiger partial charge >= 0.3 is 0 Å². The summed E-state index contributed by atoms with van der Waals surface area (Å²) in [6, 6.07) is 10.4. The van der Waals surface area contributed by atoms with Gasteiger partial charge in [-0.25, -0.2) is 0 Å². The highest BCUT2D eigenvalue weighted by Gasteiger charge is 2.20. The molecule has 1 aromatic heterocycles. The second-order valence-electron chi connectivity index (χ2n) is 6.40. The van der Waals surface area contributed by atoms with Crippen LogP contribution < -0.4 is 10.1 Å². The van der Waals surface area contributed by atoms with Crippen molar-refractivity contribution in [1.82, 2.24) is 10.2 Å². The van der Waals surface area contributed by atoms with Crippen molar-refractivity contribution in [2.45, 2.75) is 26.0 Å². The maximum absolute atomic E-state index is 12.3. The lowest BCUT2D eigenvalue weighted by atomic mass is 10.1. The van der Waals surface area contributed by atoms with Crippen LogP contribution in [0, 0.1) is 24.0 Å². The average molecular weight is 428 g/mol. The maximum atomic E-state index is 12.3. The minimum absolute atomic E-state index is 0.0324. The first-order chi connectivity index (χ1) is 14.4. The number of amides is 1. The summed E-state index contributed by atoms with van der Waals surface area (Å²) in [7, 11) is 0. The number of nitrogens with one attached hydrogen (secondary N) is 1. The van der Waals surface area contributed by atoms with E-state index in [0.29, 0.717) is 18.1 Å². The summed E-state index contributed by atoms with van der Waals surface area (Å²) in [5.41, 5.74) is 2.15. The third-order valence-corrected chi connectivity index (χ3v) is 4.88. The van der Waals surface area contributed by atoms with Crippen LogP contribution in [-0.4, -0.2) is 33.4 Å². The van der Waals surface area contributed by atoms with Gasteiger partial charge in [-0.3, -0.25) is 14.9 Å². The minimum Gasteiger partial charge on any atom is -0.494 e. The van der Waals surface area contributed by atoms with E-state index in [4.69, 9.17) is 9.15 Å². The van der Waals surface area contributed by atoms with Gasteiger partial charge in [-0.15, -0.1) is 10.2 Å². The van der Waals surface area contributed by atoms with Crippen molar-refractivity contribution in [2.24, 2.45) is 0 Å². The summed E-state index contributed by atoms with van der Waals surface area (Å²) in [4.78, 5) is 23.1. The molecule has 0 spiro atoms. The van der Waals surface area contributed by atoms with E-state index in [1.807, 2.05) is 6.92 Å². The second kappa shape index (κ2) is 9.40. The summed E-state index contributed by atoms with van der Waals surface area (Å²) >= 11 is 1.05. The number of nitro groups is 1. The predicted molar refractivity (Wildman–Crippen MR) is 113 cm³/mol. The molecule has 1 amide bonds. The molecule has 0 aliphatic heterocycles. The summed E-state index contributed by atoms with van der Waals surface area (Å²) in [6.45, 7) is 5.96. The minimum atomic E-state index is -0.510. The van der Waals surface area contributed by atoms with E-state index in [-0.39, 0.29) is 22.4 Å². The van der Waals surface area contributed by atoms with Crippen LogP contribution in [0.15, 0.2) is 46.0 Å². The molecule has 30 heavy (non-hydrogen) atoms. The molecule has 0 saturated carbocycles. The van der Waals surface area contributed by atoms with Gasteiger partial charge in [-0.2, -0.15) is 0 Å². The van der Waals surface area contributed by atoms with Gasteiger partial charge in [0.25, 0.3) is 10.9 Å². The monoisotopic (exact) mass is 428 g/mol. The molecular weight excluding hydrogens is 408 g/mol. The molecule has 9 nitrogen and oxygen atoms in total. The number of benzene rings is 2. The Bertz CT molecular complexity index is 1070. The molecule has 0 radical (unpaired) electrons. The number of carbonyl (C=O) groups is 1. The van der Waals surface area contributed by atoms with Crippen molar-refractivity contribution in [3.63, 3.8) is 0 Å². The van der Waals surface area contributed by atoms with E-state index in [1.54, 1.807) is 44.2 Å². The quantitative estimate of drug-likeness (QED) is 0.319. The van der Waals surface area contributed by atoms with Crippen LogP contribution >= 0.6 is 11.8 Å². The lowest BCUT2D eigenvalue weighted by Gasteiger charge is -2.09. The molecule has 0 bridgehead atoms. The number of hydrogen-bond acceptors (Lipinski definition) is 8. The van der Waals surface area contributed by atoms with Crippen LogP contribution in [0.4, 0.5) is 11.4 Å². The normalized spacial score (nSPS) is 10.6. The first-order valence-electron chi connectivity index (χ1n) is 9.12. The Balaban J connectivity index is 1.63. The molecule has 10 heteroatoms. The van der Waals surface area contributed by atoms with Crippen molar-refractivity contribution in [1.29, 1.82) is 0 Å². The SMILES string of the molecule is CCOc1ccc(-c2nnc(SCC(=O)Nc3c(C)cc(C)cc3[N+](=O)[O-])o2)cc1. The van der Waals surface area contributed by atoms with Crippen molar-refractivity contribution >= 4 is 29.0 Å². The zero-order valence-corrected chi connectivity index (χ0v) is 17.5. The lowest BCUT2D eigenvalue weighted by Crippen LogP contribution is -2.16. The average Bonchev–Trinajstić information content (AvgIpc) is 3.18. The van der Waals surface area contributed by atoms with Gasteiger partial charge in [0.2, 0.25) is 11.8 Å². The molecule has 156 valence electrons. The molecule has 3 rings (SSSR count). The Hall–Kier alpha value is -3.40. The Morgan fingerprint density at radius 1 is 1.23 bits per heavy atom. The van der Waals surface area contributed by atoms with E-state index < -0.39 is 10.8 Å². The Labute approximate surface area is 177 Å². The van der Waals surface area contributed by atoms with Crippen molar-refractivity contribution in [3.05, 3.63) is 57.6 Å². The number of hydrogen-bond donors (Lipinski definition) is 1. The molecule has 0 aliphatic rings. The lowest BCUT2D eigenvalue weighted by molar-refractivity contribution is -0.384. The molecule has 1 heterocycles. The standard InChI is InChI=1S/C20H20N4O5S/c1-4-28-15-7-5-14(6-8-15)19-22-23-20(29-19)30-11-17(25)21-18-13(3)9-12(2)10-16(18)24(26)27/h5-10H,4,11H2,1-3H3,(H,21,25). The fourth-order valence-corrected chi connectivity index (χ4v) is 3.36. The molecule has 2 aromatic carbocycles. The number of nitrogens with zero attached hydrogens (tertiary/aromatic N) is 3. The van der Waals surface area contributed by atoms with E-state index >= 15 is 0 Å². The number of carbonyl (C=O) groups excluding carboxylic acids is 1. The van der Waals surface area contributed by atoms with Gasteiger partial charge in [0, 0.05) is 11.6 Å². The van der Waals surface area contributed by atoms with Crippen LogP contribution in [0.3, 0.4) is 0 Å². The van der Waals surface area contributed by atoms with E-state index in [1.165, 1.54) is 6.07 Å². The number of nitro benzene ring substituents is 1. The van der Waals surface area contributed by atoms with Gasteiger partial charge in [0.15, 0.2) is 0 Å². The highest BCUT2D eigenvalue weighted by molar-refractivity contribution is 7.99. The summed E-state index contributed by atoms with van der Waals surface area (Å²) in [6.07, 6.45) is 0. The largest absolute Gasteiger partial charge is 0.494 e. The number of ether oxygens (including phenoxy) is 1. The van der Waals surface area contributed by atoms with Crippen molar-refractivity contribution < 1.29 is 18.9 Å². The van der Waals surface area contributed by atoms with Gasteiger partial charge in [-0.05, 0) is 56.2 Å². The van der Waals surface area contributed by atoms with E-state index in [9.17, 15) is 14.9 Å². The molecule has 0 unspecified atom stereocenters. The highest BCUT2D eigenvalue weighted by atomic mass is 32.2. The zero-order valence-electron chi connectivity index (χ0n) is 16.7. The maximum Gasteiger partial charge on any atom is 0.293 e. The Kier molecular flexibility index (Phi) is 6.68. The van der Waals surface area contributed by atoms with Gasteiger partial charge < -0.3 is 14.5 Å². The van der Waals surface area contributed by atoms with Crippen LogP contribution in [-0.2, 0) is 4.79 Å². The molecular formula is C20H20N4O5S. The zero-order chi connectivity index (χ0) is 21.7. The van der Waals surface area contributed by atoms with Gasteiger partial charge in [0.1, 0.15) is 11.4 Å². The smallest absolute Gasteiger partial charge is 0.293 e. The number of aryl methyl sites for hydroxylation is 2. The topological polar surface area (TPSA) is 120 Å². The Morgan fingerprint density at radius 2 is 1.97 bits per heavy atom. The van der Waals surface area contributed by atoms with Gasteiger partial charge in [0.05, 0.1) is 17.3 Å². The number of aromatic nitrogens is 2. The third kappa shape index (κ3) is 5.15. The van der Waals surface area contributed by atoms with Gasteiger partial charge in [-0.1, -0.05) is 17.8 Å². The molecule has 3 aromatic rings. The first-order valence-corrected chi connectivity index (χ1v) is 10.1. The van der Waals surface area contributed by atoms with Crippen LogP contribution in [0.25, 0.3) is 11.5 Å². The Morgan fingerprint density at radius 3 is 2.63 bits per heavy atom. The second-order valence-corrected chi connectivity index (χ2v) is 7.33. The fraction of sp³-hybridized carbons (Fsp3) is 0.250. The molecule has 1 N–H and O–H groups in total. The molecule has 0 saturated heterocycles. The number of anilines is 1. The summed E-state index contributed by atoms with van der Waals surface area (Å²) in [5, 5.41) is 22.0. The fourth-order valence-electron chi connectivity index (χ4n) is 2.80. The predicted octanol–water partition coefficient (Wildman–Crippen LogP) is 4.39. The highest BCUT2D eigenvalue weighted by Crippen LogP contribution is 2.30. The summed E-state index contributed by atoms with van der Waals surface area (Å²) < 4.78 is 11.0. The summed E-state index contributed by atoms with van der Waals surface area (Å²) in [5.74, 6) is 0.629. The number of thioether (sulfide) groups is 1. The molecule has 0 fully saturated rings. The first kappa shape index (κ1) is 21.3. The van der Waals surface area contributed by atoms with E-state index in [0.717, 1.165) is 28.6 Å². The van der Waals surface area contributed by atoms with Crippen LogP contribution in [0.5, 0.6) is 5.75 Å². The van der Waals surface area contributed by atoms with Crippen molar-refractivity contribution in [3.8, 4) is 17.2 Å².